The second kappa shape index (κ2) is 8.23. The van der Waals surface area contributed by atoms with E-state index in [1.54, 1.807) is 12.1 Å². The van der Waals surface area contributed by atoms with Gasteiger partial charge in [-0.2, -0.15) is 0 Å². The van der Waals surface area contributed by atoms with Gasteiger partial charge in [0, 0.05) is 6.07 Å². The summed E-state index contributed by atoms with van der Waals surface area (Å²) in [5.74, 6) is -2.65. The van der Waals surface area contributed by atoms with Crippen LogP contribution in [0.5, 0.6) is 5.75 Å². The molecule has 2 rings (SSSR count). The standard InChI is InChI=1S/C18H17F2NO4/c1-11-3-5-14(7-12(11)2)24-10-18(23)25-9-17(22)21-16-6-4-13(19)8-15(16)20/h3-8H,9-10H2,1-2H3,(H,21,22). The number of ether oxygens (including phenoxy) is 2. The highest BCUT2D eigenvalue weighted by Crippen LogP contribution is 2.16. The van der Waals surface area contributed by atoms with Gasteiger partial charge >= 0.3 is 5.97 Å². The monoisotopic (exact) mass is 349 g/mol. The van der Waals surface area contributed by atoms with Crippen molar-refractivity contribution >= 4 is 17.6 Å². The average molecular weight is 349 g/mol. The summed E-state index contributed by atoms with van der Waals surface area (Å²) in [4.78, 5) is 23.2. The third-order valence-electron chi connectivity index (χ3n) is 3.40. The van der Waals surface area contributed by atoms with Gasteiger partial charge in [0.2, 0.25) is 0 Å². The van der Waals surface area contributed by atoms with Crippen LogP contribution in [-0.4, -0.2) is 25.1 Å². The Morgan fingerprint density at radius 2 is 1.76 bits per heavy atom. The third-order valence-corrected chi connectivity index (χ3v) is 3.40. The van der Waals surface area contributed by atoms with Crippen molar-refractivity contribution in [1.82, 2.24) is 0 Å². The summed E-state index contributed by atoms with van der Waals surface area (Å²) in [7, 11) is 0. The molecule has 0 aliphatic heterocycles. The highest BCUT2D eigenvalue weighted by atomic mass is 19.1. The summed E-state index contributed by atoms with van der Waals surface area (Å²) in [6.45, 7) is 2.90. The molecule has 2 aromatic rings. The molecule has 7 heteroatoms. The molecule has 132 valence electrons. The second-order valence-corrected chi connectivity index (χ2v) is 5.37. The van der Waals surface area contributed by atoms with Gasteiger partial charge in [0.05, 0.1) is 5.69 Å². The minimum Gasteiger partial charge on any atom is -0.482 e. The number of halogens is 2. The molecule has 0 radical (unpaired) electrons. The van der Waals surface area contributed by atoms with Crippen LogP contribution in [-0.2, 0) is 14.3 Å². The summed E-state index contributed by atoms with van der Waals surface area (Å²) in [5, 5.41) is 2.18. The molecule has 0 bridgehead atoms. The largest absolute Gasteiger partial charge is 0.482 e. The van der Waals surface area contributed by atoms with E-state index in [1.807, 2.05) is 19.9 Å². The molecule has 25 heavy (non-hydrogen) atoms. The summed E-state index contributed by atoms with van der Waals surface area (Å²) in [5.41, 5.74) is 1.92. The average Bonchev–Trinajstić information content (AvgIpc) is 2.56. The van der Waals surface area contributed by atoms with Crippen LogP contribution in [0.4, 0.5) is 14.5 Å². The Balaban J connectivity index is 1.77. The van der Waals surface area contributed by atoms with Crippen molar-refractivity contribution < 1.29 is 27.8 Å². The normalized spacial score (nSPS) is 10.2. The lowest BCUT2D eigenvalue weighted by Gasteiger charge is -2.09. The first-order chi connectivity index (χ1) is 11.8. The van der Waals surface area contributed by atoms with Crippen LogP contribution in [0, 0.1) is 25.5 Å². The fourth-order valence-electron chi connectivity index (χ4n) is 1.91. The maximum absolute atomic E-state index is 13.4. The summed E-state index contributed by atoms with van der Waals surface area (Å²) in [6.07, 6.45) is 0. The summed E-state index contributed by atoms with van der Waals surface area (Å²) < 4.78 is 36.2. The van der Waals surface area contributed by atoms with E-state index in [4.69, 9.17) is 9.47 Å². The van der Waals surface area contributed by atoms with Gasteiger partial charge in [0.1, 0.15) is 17.4 Å². The second-order valence-electron chi connectivity index (χ2n) is 5.37. The number of rotatable bonds is 6. The van der Waals surface area contributed by atoms with Crippen LogP contribution in [0.3, 0.4) is 0 Å². The predicted molar refractivity (Wildman–Crippen MR) is 87.4 cm³/mol. The number of amides is 1. The highest BCUT2D eigenvalue weighted by molar-refractivity contribution is 5.92. The molecule has 0 spiro atoms. The molecule has 0 unspecified atom stereocenters. The van der Waals surface area contributed by atoms with E-state index in [1.165, 1.54) is 0 Å². The number of anilines is 1. The van der Waals surface area contributed by atoms with Crippen LogP contribution in [0.15, 0.2) is 36.4 Å². The molecule has 5 nitrogen and oxygen atoms in total. The van der Waals surface area contributed by atoms with Crippen LogP contribution >= 0.6 is 0 Å². The van der Waals surface area contributed by atoms with E-state index < -0.39 is 30.1 Å². The molecule has 1 amide bonds. The van der Waals surface area contributed by atoms with Crippen molar-refractivity contribution in [2.45, 2.75) is 13.8 Å². The Hall–Kier alpha value is -2.96. The minimum atomic E-state index is -0.919. The number of hydrogen-bond donors (Lipinski definition) is 1. The number of nitrogens with one attached hydrogen (secondary N) is 1. The molecule has 0 atom stereocenters. The molecule has 0 saturated carbocycles. The molecule has 0 aliphatic rings. The topological polar surface area (TPSA) is 64.6 Å². The van der Waals surface area contributed by atoms with E-state index in [2.05, 4.69) is 5.32 Å². The lowest BCUT2D eigenvalue weighted by molar-refractivity contribution is -0.149. The Morgan fingerprint density at radius 3 is 2.44 bits per heavy atom. The maximum atomic E-state index is 13.4. The zero-order valence-electron chi connectivity index (χ0n) is 13.8. The van der Waals surface area contributed by atoms with Crippen molar-refractivity contribution in [3.8, 4) is 5.75 Å². The van der Waals surface area contributed by atoms with Gasteiger partial charge in [-0.05, 0) is 49.2 Å². The zero-order valence-corrected chi connectivity index (χ0v) is 13.8. The summed E-state index contributed by atoms with van der Waals surface area (Å²) in [6, 6.07) is 8.08. The molecule has 0 aliphatic carbocycles. The van der Waals surface area contributed by atoms with E-state index in [0.29, 0.717) is 11.8 Å². The van der Waals surface area contributed by atoms with E-state index in [0.717, 1.165) is 23.3 Å². The number of benzene rings is 2. The van der Waals surface area contributed by atoms with Crippen LogP contribution in [0.2, 0.25) is 0 Å². The Kier molecular flexibility index (Phi) is 6.05. The molecule has 1 N–H and O–H groups in total. The first-order valence-corrected chi connectivity index (χ1v) is 7.45. The molecule has 2 aromatic carbocycles. The molecule has 0 heterocycles. The zero-order chi connectivity index (χ0) is 18.4. The van der Waals surface area contributed by atoms with Gasteiger partial charge in [0.15, 0.2) is 13.2 Å². The number of carbonyl (C=O) groups is 2. The third kappa shape index (κ3) is 5.56. The van der Waals surface area contributed by atoms with Gasteiger partial charge in [0.25, 0.3) is 5.91 Å². The highest BCUT2D eigenvalue weighted by Gasteiger charge is 2.11. The van der Waals surface area contributed by atoms with Crippen molar-refractivity contribution in [2.24, 2.45) is 0 Å². The van der Waals surface area contributed by atoms with E-state index in [-0.39, 0.29) is 12.3 Å². The number of esters is 1. The van der Waals surface area contributed by atoms with Gasteiger partial charge in [-0.1, -0.05) is 6.07 Å². The van der Waals surface area contributed by atoms with Gasteiger partial charge < -0.3 is 14.8 Å². The van der Waals surface area contributed by atoms with Crippen LogP contribution < -0.4 is 10.1 Å². The Morgan fingerprint density at radius 1 is 1.00 bits per heavy atom. The Labute approximate surface area is 143 Å². The fourth-order valence-corrected chi connectivity index (χ4v) is 1.91. The maximum Gasteiger partial charge on any atom is 0.344 e. The van der Waals surface area contributed by atoms with Crippen molar-refractivity contribution in [3.63, 3.8) is 0 Å². The molecule has 0 fully saturated rings. The van der Waals surface area contributed by atoms with Gasteiger partial charge in [-0.15, -0.1) is 0 Å². The van der Waals surface area contributed by atoms with Crippen molar-refractivity contribution in [3.05, 3.63) is 59.2 Å². The first-order valence-electron chi connectivity index (χ1n) is 7.45. The molecule has 0 saturated heterocycles. The van der Waals surface area contributed by atoms with Gasteiger partial charge in [-0.25, -0.2) is 13.6 Å². The first kappa shape index (κ1) is 18.4. The smallest absolute Gasteiger partial charge is 0.344 e. The van der Waals surface area contributed by atoms with E-state index in [9.17, 15) is 18.4 Å². The quantitative estimate of drug-likeness (QED) is 0.814. The van der Waals surface area contributed by atoms with Crippen molar-refractivity contribution in [2.75, 3.05) is 18.5 Å². The van der Waals surface area contributed by atoms with Crippen LogP contribution in [0.1, 0.15) is 11.1 Å². The lowest BCUT2D eigenvalue weighted by Crippen LogP contribution is -2.24. The number of carbonyl (C=O) groups excluding carboxylic acids is 2. The lowest BCUT2D eigenvalue weighted by atomic mass is 10.1. The van der Waals surface area contributed by atoms with Crippen LogP contribution in [0.25, 0.3) is 0 Å². The summed E-state index contributed by atoms with van der Waals surface area (Å²) >= 11 is 0. The van der Waals surface area contributed by atoms with Crippen molar-refractivity contribution in [1.29, 1.82) is 0 Å². The predicted octanol–water partition coefficient (Wildman–Crippen LogP) is 3.14. The molecular weight excluding hydrogens is 332 g/mol. The Bertz CT molecular complexity index is 793. The van der Waals surface area contributed by atoms with E-state index >= 15 is 0 Å². The number of aryl methyl sites for hydroxylation is 2. The molecule has 0 aromatic heterocycles. The number of hydrogen-bond acceptors (Lipinski definition) is 4. The fraction of sp³-hybridized carbons (Fsp3) is 0.222. The minimum absolute atomic E-state index is 0.200. The van der Waals surface area contributed by atoms with Gasteiger partial charge in [-0.3, -0.25) is 4.79 Å². The molecular formula is C18H17F2NO4. The SMILES string of the molecule is Cc1ccc(OCC(=O)OCC(=O)Nc2ccc(F)cc2F)cc1C.